The van der Waals surface area contributed by atoms with E-state index in [0.717, 1.165) is 25.8 Å². The first kappa shape index (κ1) is 12.1. The van der Waals surface area contributed by atoms with Crippen LogP contribution in [0.5, 0.6) is 0 Å². The number of hydrogen-bond acceptors (Lipinski definition) is 2. The molecule has 2 rings (SSSR count). The van der Waals surface area contributed by atoms with E-state index in [9.17, 15) is 0 Å². The van der Waals surface area contributed by atoms with Gasteiger partial charge in [-0.3, -0.25) is 0 Å². The van der Waals surface area contributed by atoms with Crippen LogP contribution >= 0.6 is 0 Å². The Labute approximate surface area is 103 Å². The van der Waals surface area contributed by atoms with Crippen LogP contribution in [-0.4, -0.2) is 6.54 Å². The van der Waals surface area contributed by atoms with Crippen molar-refractivity contribution in [1.29, 1.82) is 0 Å². The topological polar surface area (TPSA) is 52.0 Å². The standard InChI is InChI=1S/C15H20N2/c16-10-4-3-7-15(17)14-9-8-12-5-1-2-6-13(12)11-14/h1-2,5-6,8-9,11,15H,3-4,7,10,16-17H2/t15-/m0/s1. The minimum atomic E-state index is 0.131. The fraction of sp³-hybridized carbons (Fsp3) is 0.333. The lowest BCUT2D eigenvalue weighted by molar-refractivity contribution is 0.591. The molecule has 0 aliphatic rings. The van der Waals surface area contributed by atoms with Crippen LogP contribution in [0.25, 0.3) is 10.8 Å². The van der Waals surface area contributed by atoms with Crippen LogP contribution in [0.15, 0.2) is 42.5 Å². The summed E-state index contributed by atoms with van der Waals surface area (Å²) in [5.41, 5.74) is 12.9. The second-order valence-electron chi connectivity index (χ2n) is 4.50. The zero-order valence-corrected chi connectivity index (χ0v) is 10.1. The molecule has 0 unspecified atom stereocenters. The Balaban J connectivity index is 2.12. The molecular weight excluding hydrogens is 208 g/mol. The minimum absolute atomic E-state index is 0.131. The molecule has 17 heavy (non-hydrogen) atoms. The van der Waals surface area contributed by atoms with Gasteiger partial charge in [-0.05, 0) is 41.8 Å². The number of fused-ring (bicyclic) bond motifs is 1. The van der Waals surface area contributed by atoms with Gasteiger partial charge in [-0.15, -0.1) is 0 Å². The van der Waals surface area contributed by atoms with E-state index >= 15 is 0 Å². The van der Waals surface area contributed by atoms with Crippen LogP contribution in [-0.2, 0) is 0 Å². The Morgan fingerprint density at radius 3 is 2.47 bits per heavy atom. The summed E-state index contributed by atoms with van der Waals surface area (Å²) in [6.07, 6.45) is 3.17. The van der Waals surface area contributed by atoms with Crippen molar-refractivity contribution in [1.82, 2.24) is 0 Å². The molecule has 0 aliphatic carbocycles. The smallest absolute Gasteiger partial charge is 0.0295 e. The van der Waals surface area contributed by atoms with Gasteiger partial charge in [-0.1, -0.05) is 42.8 Å². The highest BCUT2D eigenvalue weighted by molar-refractivity contribution is 5.83. The third kappa shape index (κ3) is 3.05. The van der Waals surface area contributed by atoms with Gasteiger partial charge in [0.25, 0.3) is 0 Å². The normalized spacial score (nSPS) is 12.8. The van der Waals surface area contributed by atoms with Crippen molar-refractivity contribution in [3.63, 3.8) is 0 Å². The number of hydrogen-bond donors (Lipinski definition) is 2. The average molecular weight is 228 g/mol. The van der Waals surface area contributed by atoms with Crippen molar-refractivity contribution in [2.45, 2.75) is 25.3 Å². The first-order valence-electron chi connectivity index (χ1n) is 6.25. The molecule has 0 fully saturated rings. The summed E-state index contributed by atoms with van der Waals surface area (Å²) in [5, 5.41) is 2.53. The molecule has 1 atom stereocenters. The number of benzene rings is 2. The van der Waals surface area contributed by atoms with Crippen molar-refractivity contribution >= 4 is 10.8 Å². The lowest BCUT2D eigenvalue weighted by Crippen LogP contribution is -2.11. The largest absolute Gasteiger partial charge is 0.330 e. The Hall–Kier alpha value is -1.38. The first-order chi connectivity index (χ1) is 8.31. The summed E-state index contributed by atoms with van der Waals surface area (Å²) < 4.78 is 0. The monoisotopic (exact) mass is 228 g/mol. The maximum atomic E-state index is 6.19. The average Bonchev–Trinajstić information content (AvgIpc) is 2.38. The van der Waals surface area contributed by atoms with Gasteiger partial charge in [-0.25, -0.2) is 0 Å². The summed E-state index contributed by atoms with van der Waals surface area (Å²) in [6, 6.07) is 15.0. The van der Waals surface area contributed by atoms with Crippen molar-refractivity contribution in [3.8, 4) is 0 Å². The quantitative estimate of drug-likeness (QED) is 0.773. The SMILES string of the molecule is NCCCC[C@H](N)c1ccc2ccccc2c1. The van der Waals surface area contributed by atoms with E-state index in [1.54, 1.807) is 0 Å². The van der Waals surface area contributed by atoms with Crippen LogP contribution < -0.4 is 11.5 Å². The molecule has 0 saturated heterocycles. The van der Waals surface area contributed by atoms with Crippen LogP contribution in [0.1, 0.15) is 30.9 Å². The number of unbranched alkanes of at least 4 members (excludes halogenated alkanes) is 1. The second kappa shape index (κ2) is 5.80. The van der Waals surface area contributed by atoms with E-state index in [1.807, 2.05) is 0 Å². The molecule has 0 heterocycles. The summed E-state index contributed by atoms with van der Waals surface area (Å²) in [4.78, 5) is 0. The van der Waals surface area contributed by atoms with Gasteiger partial charge >= 0.3 is 0 Å². The molecule has 2 aromatic rings. The third-order valence-electron chi connectivity index (χ3n) is 3.17. The van der Waals surface area contributed by atoms with Gasteiger partial charge < -0.3 is 11.5 Å². The Bertz CT molecular complexity index is 479. The van der Waals surface area contributed by atoms with E-state index in [0.29, 0.717) is 0 Å². The zero-order valence-electron chi connectivity index (χ0n) is 10.1. The molecular formula is C15H20N2. The van der Waals surface area contributed by atoms with Crippen LogP contribution in [0.4, 0.5) is 0 Å². The van der Waals surface area contributed by atoms with Gasteiger partial charge in [0.15, 0.2) is 0 Å². The van der Waals surface area contributed by atoms with E-state index in [1.165, 1.54) is 16.3 Å². The number of nitrogens with two attached hydrogens (primary N) is 2. The summed E-state index contributed by atoms with van der Waals surface area (Å²) in [5.74, 6) is 0. The van der Waals surface area contributed by atoms with Crippen molar-refractivity contribution in [2.75, 3.05) is 6.54 Å². The molecule has 2 aromatic carbocycles. The maximum Gasteiger partial charge on any atom is 0.0295 e. The first-order valence-corrected chi connectivity index (χ1v) is 6.25. The molecule has 0 bridgehead atoms. The van der Waals surface area contributed by atoms with Crippen molar-refractivity contribution in [3.05, 3.63) is 48.0 Å². The third-order valence-corrected chi connectivity index (χ3v) is 3.17. The summed E-state index contributed by atoms with van der Waals surface area (Å²) >= 11 is 0. The molecule has 0 saturated carbocycles. The highest BCUT2D eigenvalue weighted by Gasteiger charge is 2.05. The predicted molar refractivity (Wildman–Crippen MR) is 73.8 cm³/mol. The lowest BCUT2D eigenvalue weighted by Gasteiger charge is -2.12. The second-order valence-corrected chi connectivity index (χ2v) is 4.50. The van der Waals surface area contributed by atoms with E-state index < -0.39 is 0 Å². The van der Waals surface area contributed by atoms with E-state index in [-0.39, 0.29) is 6.04 Å². The molecule has 0 aliphatic heterocycles. The van der Waals surface area contributed by atoms with Crippen LogP contribution in [0.3, 0.4) is 0 Å². The lowest BCUT2D eigenvalue weighted by atomic mass is 9.99. The van der Waals surface area contributed by atoms with Crippen molar-refractivity contribution in [2.24, 2.45) is 11.5 Å². The molecule has 4 N–H and O–H groups in total. The molecule has 0 aromatic heterocycles. The van der Waals surface area contributed by atoms with Gasteiger partial charge in [0, 0.05) is 6.04 Å². The van der Waals surface area contributed by atoms with E-state index in [4.69, 9.17) is 11.5 Å². The van der Waals surface area contributed by atoms with E-state index in [2.05, 4.69) is 42.5 Å². The molecule has 0 amide bonds. The van der Waals surface area contributed by atoms with Crippen LogP contribution in [0.2, 0.25) is 0 Å². The maximum absolute atomic E-state index is 6.19. The Kier molecular flexibility index (Phi) is 4.13. The number of rotatable bonds is 5. The summed E-state index contributed by atoms with van der Waals surface area (Å²) in [6.45, 7) is 0.754. The fourth-order valence-corrected chi connectivity index (χ4v) is 2.11. The molecule has 0 radical (unpaired) electrons. The highest BCUT2D eigenvalue weighted by Crippen LogP contribution is 2.22. The van der Waals surface area contributed by atoms with Gasteiger partial charge in [0.1, 0.15) is 0 Å². The fourth-order valence-electron chi connectivity index (χ4n) is 2.11. The summed E-state index contributed by atoms with van der Waals surface area (Å²) in [7, 11) is 0. The van der Waals surface area contributed by atoms with Crippen molar-refractivity contribution < 1.29 is 0 Å². The minimum Gasteiger partial charge on any atom is -0.330 e. The Morgan fingerprint density at radius 1 is 0.941 bits per heavy atom. The Morgan fingerprint density at radius 2 is 1.71 bits per heavy atom. The van der Waals surface area contributed by atoms with Gasteiger partial charge in [0.2, 0.25) is 0 Å². The van der Waals surface area contributed by atoms with Crippen LogP contribution in [0, 0.1) is 0 Å². The zero-order chi connectivity index (χ0) is 12.1. The highest BCUT2D eigenvalue weighted by atomic mass is 14.6. The molecule has 90 valence electrons. The molecule has 2 nitrogen and oxygen atoms in total. The predicted octanol–water partition coefficient (Wildman–Crippen LogP) is 2.97. The van der Waals surface area contributed by atoms with Gasteiger partial charge in [-0.2, -0.15) is 0 Å². The molecule has 2 heteroatoms. The molecule has 0 spiro atoms. The van der Waals surface area contributed by atoms with Gasteiger partial charge in [0.05, 0.1) is 0 Å².